The lowest BCUT2D eigenvalue weighted by Gasteiger charge is -2.41. The van der Waals surface area contributed by atoms with Crippen LogP contribution in [0.3, 0.4) is 0 Å². The van der Waals surface area contributed by atoms with Gasteiger partial charge in [-0.25, -0.2) is 0 Å². The number of hydrogen-bond donors (Lipinski definition) is 6. The van der Waals surface area contributed by atoms with E-state index >= 15 is 0 Å². The predicted octanol–water partition coefficient (Wildman–Crippen LogP) is 16.8. The van der Waals surface area contributed by atoms with Crippen LogP contribution in [-0.4, -0.2) is 99.6 Å². The van der Waals surface area contributed by atoms with Crippen molar-refractivity contribution in [2.45, 2.75) is 365 Å². The molecule has 1 rings (SSSR count). The van der Waals surface area contributed by atoms with Crippen molar-refractivity contribution in [3.63, 3.8) is 0 Å². The number of amides is 1. The molecule has 8 unspecified atom stereocenters. The van der Waals surface area contributed by atoms with Gasteiger partial charge in [-0.3, -0.25) is 9.59 Å². The summed E-state index contributed by atoms with van der Waals surface area (Å²) in [5.74, 6) is -1.21. The van der Waals surface area contributed by atoms with E-state index in [-0.39, 0.29) is 13.0 Å². The number of carbonyl (C=O) groups excluding carboxylic acids is 2. The van der Waals surface area contributed by atoms with Crippen LogP contribution in [0, 0.1) is 0 Å². The molecule has 11 nitrogen and oxygen atoms in total. The van der Waals surface area contributed by atoms with Gasteiger partial charge in [0.05, 0.1) is 25.4 Å². The molecule has 0 aromatic carbocycles. The van der Waals surface area contributed by atoms with E-state index < -0.39 is 67.4 Å². The lowest BCUT2D eigenvalue weighted by Crippen LogP contribution is -2.61. The third-order valence-corrected chi connectivity index (χ3v) is 16.0. The molecule has 0 aromatic rings. The van der Waals surface area contributed by atoms with Crippen molar-refractivity contribution in [3.05, 3.63) is 48.6 Å². The van der Waals surface area contributed by atoms with Gasteiger partial charge in [-0.05, 0) is 64.2 Å². The van der Waals surface area contributed by atoms with Crippen LogP contribution in [0.4, 0.5) is 0 Å². The van der Waals surface area contributed by atoms with Crippen LogP contribution in [0.2, 0.25) is 0 Å². The molecule has 80 heavy (non-hydrogen) atoms. The maximum Gasteiger partial charge on any atom is 0.306 e. The summed E-state index contributed by atoms with van der Waals surface area (Å²) in [7, 11) is 0. The monoisotopic (exact) mass is 1130 g/mol. The second kappa shape index (κ2) is 57.1. The van der Waals surface area contributed by atoms with E-state index in [1.165, 1.54) is 186 Å². The minimum atomic E-state index is -1.62. The van der Waals surface area contributed by atoms with Gasteiger partial charge in [0.2, 0.25) is 5.91 Å². The molecule has 468 valence electrons. The lowest BCUT2D eigenvalue weighted by molar-refractivity contribution is -0.305. The number of hydrogen-bond acceptors (Lipinski definition) is 10. The summed E-state index contributed by atoms with van der Waals surface area (Å²) in [5.41, 5.74) is 0. The highest BCUT2D eigenvalue weighted by atomic mass is 16.7. The summed E-state index contributed by atoms with van der Waals surface area (Å²) in [6, 6.07) is -1.03. The van der Waals surface area contributed by atoms with E-state index in [1.54, 1.807) is 6.08 Å². The Kier molecular flexibility index (Phi) is 54.0. The SMILES string of the molecule is CCCCC/C=C\C/C=C\C/C=C\CCCCCCC(=O)OC1C(OCC(NC(=O)C(O)CCCCCCCCCCCCCCCCCCCCCCCC)C(O)/C=C/CCCCCCCCCCCC)OC(CO)C(O)C1O. The number of aliphatic hydroxyl groups excluding tert-OH is 5. The molecule has 0 aliphatic carbocycles. The van der Waals surface area contributed by atoms with Crippen LogP contribution in [0.1, 0.15) is 316 Å². The Morgan fingerprint density at radius 2 is 0.863 bits per heavy atom. The van der Waals surface area contributed by atoms with E-state index in [0.29, 0.717) is 19.3 Å². The van der Waals surface area contributed by atoms with Crippen molar-refractivity contribution in [2.24, 2.45) is 0 Å². The maximum atomic E-state index is 13.5. The normalized spacial score (nSPS) is 19.0. The smallest absolute Gasteiger partial charge is 0.306 e. The number of esters is 1. The third-order valence-electron chi connectivity index (χ3n) is 16.0. The van der Waals surface area contributed by atoms with Crippen LogP contribution in [0.15, 0.2) is 48.6 Å². The molecule has 1 heterocycles. The van der Waals surface area contributed by atoms with Crippen LogP contribution in [0.25, 0.3) is 0 Å². The summed E-state index contributed by atoms with van der Waals surface area (Å²) >= 11 is 0. The van der Waals surface area contributed by atoms with Crippen molar-refractivity contribution in [1.29, 1.82) is 0 Å². The number of ether oxygens (including phenoxy) is 3. The van der Waals surface area contributed by atoms with Gasteiger partial charge in [0, 0.05) is 6.42 Å². The molecule has 11 heteroatoms. The van der Waals surface area contributed by atoms with Gasteiger partial charge >= 0.3 is 5.97 Å². The molecule has 1 fully saturated rings. The first-order valence-corrected chi connectivity index (χ1v) is 33.9. The quantitative estimate of drug-likeness (QED) is 0.0195. The number of carbonyl (C=O) groups is 2. The van der Waals surface area contributed by atoms with Crippen LogP contribution in [0.5, 0.6) is 0 Å². The summed E-state index contributed by atoms with van der Waals surface area (Å²) in [6.45, 7) is 5.78. The van der Waals surface area contributed by atoms with Gasteiger partial charge in [-0.1, -0.05) is 294 Å². The molecule has 0 bridgehead atoms. The Hall–Kier alpha value is -2.38. The van der Waals surface area contributed by atoms with Crippen molar-refractivity contribution >= 4 is 11.9 Å². The zero-order valence-corrected chi connectivity index (χ0v) is 52.0. The first-order chi connectivity index (χ1) is 39.2. The Morgan fingerprint density at radius 3 is 1.31 bits per heavy atom. The fourth-order valence-corrected chi connectivity index (χ4v) is 10.6. The summed E-state index contributed by atoms with van der Waals surface area (Å²) in [5, 5.41) is 57.1. The molecule has 6 N–H and O–H groups in total. The zero-order valence-electron chi connectivity index (χ0n) is 52.0. The minimum absolute atomic E-state index is 0.0991. The number of unbranched alkanes of at least 4 members (excludes halogenated alkanes) is 38. The van der Waals surface area contributed by atoms with Crippen molar-refractivity contribution in [1.82, 2.24) is 5.32 Å². The van der Waals surface area contributed by atoms with Gasteiger partial charge in [0.15, 0.2) is 12.4 Å². The summed E-state index contributed by atoms with van der Waals surface area (Å²) in [4.78, 5) is 26.6. The highest BCUT2D eigenvalue weighted by Crippen LogP contribution is 2.26. The number of allylic oxidation sites excluding steroid dienone is 7. The van der Waals surface area contributed by atoms with Crippen LogP contribution in [-0.2, 0) is 23.8 Å². The van der Waals surface area contributed by atoms with Crippen molar-refractivity contribution < 1.29 is 49.3 Å². The Labute approximate surface area is 491 Å². The maximum absolute atomic E-state index is 13.5. The fraction of sp³-hybridized carbons (Fsp3) is 0.855. The van der Waals surface area contributed by atoms with Gasteiger partial charge in [0.25, 0.3) is 0 Å². The first kappa shape index (κ1) is 75.6. The van der Waals surface area contributed by atoms with Crippen LogP contribution >= 0.6 is 0 Å². The average Bonchev–Trinajstić information content (AvgIpc) is 3.45. The summed E-state index contributed by atoms with van der Waals surface area (Å²) < 4.78 is 17.6. The van der Waals surface area contributed by atoms with E-state index in [4.69, 9.17) is 14.2 Å². The molecular formula is C69H127NO10. The highest BCUT2D eigenvalue weighted by Gasteiger charge is 2.47. The minimum Gasteiger partial charge on any atom is -0.454 e. The molecule has 1 aliphatic heterocycles. The molecule has 1 saturated heterocycles. The highest BCUT2D eigenvalue weighted by molar-refractivity contribution is 5.80. The van der Waals surface area contributed by atoms with E-state index in [1.807, 2.05) is 6.08 Å². The lowest BCUT2D eigenvalue weighted by atomic mass is 9.99. The Bertz CT molecular complexity index is 1490. The number of nitrogens with one attached hydrogen (secondary N) is 1. The van der Waals surface area contributed by atoms with E-state index in [2.05, 4.69) is 62.5 Å². The molecule has 8 atom stereocenters. The van der Waals surface area contributed by atoms with Crippen LogP contribution < -0.4 is 5.32 Å². The standard InChI is InChI=1S/C69H127NO10/c1-4-7-10-13-16-19-22-25-27-29-30-31-32-33-35-36-38-41-44-47-50-53-56-62(73)68(77)70-60(61(72)55-52-49-46-43-40-24-21-18-15-12-9-6-3)59-78-69-67(66(76)65(75)63(58-71)79-69)80-64(74)57-54-51-48-45-42-39-37-34-28-26-23-20-17-14-11-8-5-2/h17,20,26,28,37,39,52,55,60-63,65-67,69,71-73,75-76H,4-16,18-19,21-25,27,29-36,38,40-51,53-54,56-59H2,1-3H3,(H,70,77)/b20-17-,28-26-,39-37-,55-52+. The predicted molar refractivity (Wildman–Crippen MR) is 334 cm³/mol. The fourth-order valence-electron chi connectivity index (χ4n) is 10.6. The third kappa shape index (κ3) is 44.2. The molecule has 1 aliphatic rings. The molecular weight excluding hydrogens is 1000 g/mol. The first-order valence-electron chi connectivity index (χ1n) is 33.9. The topological polar surface area (TPSA) is 175 Å². The van der Waals surface area contributed by atoms with E-state index in [0.717, 1.165) is 83.5 Å². The molecule has 1 amide bonds. The Morgan fingerprint density at radius 1 is 0.487 bits per heavy atom. The molecule has 0 aromatic heterocycles. The second-order valence-electron chi connectivity index (χ2n) is 23.6. The average molecular weight is 1130 g/mol. The van der Waals surface area contributed by atoms with Gasteiger partial charge < -0.3 is 45.1 Å². The largest absolute Gasteiger partial charge is 0.454 e. The summed E-state index contributed by atoms with van der Waals surface area (Å²) in [6.07, 6.45) is 60.1. The molecule has 0 spiro atoms. The molecule has 0 radical (unpaired) electrons. The van der Waals surface area contributed by atoms with Crippen molar-refractivity contribution in [2.75, 3.05) is 13.2 Å². The van der Waals surface area contributed by atoms with Gasteiger partial charge in [-0.15, -0.1) is 0 Å². The second-order valence-corrected chi connectivity index (χ2v) is 23.6. The number of rotatable bonds is 58. The molecule has 0 saturated carbocycles. The number of aliphatic hydroxyl groups is 5. The van der Waals surface area contributed by atoms with E-state index in [9.17, 15) is 35.1 Å². The van der Waals surface area contributed by atoms with Crippen molar-refractivity contribution in [3.8, 4) is 0 Å². The van der Waals surface area contributed by atoms with Gasteiger partial charge in [0.1, 0.15) is 24.4 Å². The zero-order chi connectivity index (χ0) is 58.2. The Balaban J connectivity index is 2.62. The van der Waals surface area contributed by atoms with Gasteiger partial charge in [-0.2, -0.15) is 0 Å².